The summed E-state index contributed by atoms with van der Waals surface area (Å²) in [4.78, 5) is 5.84. The zero-order valence-corrected chi connectivity index (χ0v) is 15.0. The number of para-hydroxylation sites is 1. The summed E-state index contributed by atoms with van der Waals surface area (Å²) in [6.45, 7) is 5.93. The topological polar surface area (TPSA) is 56.9 Å². The largest absolute Gasteiger partial charge is 0.359 e. The first-order valence-electron chi connectivity index (χ1n) is 9.11. The molecule has 0 amide bonds. The number of aromatic nitrogens is 3. The lowest BCUT2D eigenvalue weighted by Crippen LogP contribution is -2.34. The van der Waals surface area contributed by atoms with Crippen LogP contribution < -0.4 is 4.90 Å². The van der Waals surface area contributed by atoms with Gasteiger partial charge < -0.3 is 14.6 Å². The molecular weight excluding hydrogens is 324 g/mol. The van der Waals surface area contributed by atoms with Crippen molar-refractivity contribution in [3.63, 3.8) is 0 Å². The standard InChI is InChI=1S/C21H22N4O/c1-13(2)20-11-26-12-25(20)15-7-8-18-16(10-15)21(24-23-18)19-9-14-5-3-4-6-17(14)22-19/h3-10,13,20,22H,11-12H2,1-2H3,(H,23,24)/t20-/m1/s1. The fourth-order valence-corrected chi connectivity index (χ4v) is 3.86. The zero-order valence-electron chi connectivity index (χ0n) is 15.0. The molecule has 5 heteroatoms. The van der Waals surface area contributed by atoms with Crippen LogP contribution in [0.25, 0.3) is 33.2 Å². The number of fused-ring (bicyclic) bond motifs is 2. The van der Waals surface area contributed by atoms with Gasteiger partial charge in [-0.2, -0.15) is 5.10 Å². The summed E-state index contributed by atoms with van der Waals surface area (Å²) in [5, 5.41) is 10.1. The molecule has 1 fully saturated rings. The number of nitrogens with zero attached hydrogens (tertiary/aromatic N) is 2. The SMILES string of the molecule is CC(C)[C@H]1COCN1c1ccc2[nH]nc(-c3cc4ccccc4[nH]3)c2c1. The van der Waals surface area contributed by atoms with Gasteiger partial charge in [0.2, 0.25) is 0 Å². The van der Waals surface area contributed by atoms with Gasteiger partial charge in [-0.1, -0.05) is 32.0 Å². The number of benzene rings is 2. The average molecular weight is 346 g/mol. The Labute approximate surface area is 152 Å². The number of hydrogen-bond acceptors (Lipinski definition) is 3. The Kier molecular flexibility index (Phi) is 3.50. The van der Waals surface area contributed by atoms with Crippen LogP contribution in [-0.4, -0.2) is 34.6 Å². The quantitative estimate of drug-likeness (QED) is 0.573. The predicted molar refractivity (Wildman–Crippen MR) is 105 cm³/mol. The summed E-state index contributed by atoms with van der Waals surface area (Å²) in [6.07, 6.45) is 0. The molecule has 0 spiro atoms. The van der Waals surface area contributed by atoms with Gasteiger partial charge in [-0.25, -0.2) is 0 Å². The zero-order chi connectivity index (χ0) is 17.7. The van der Waals surface area contributed by atoms with Gasteiger partial charge in [-0.3, -0.25) is 5.10 Å². The highest BCUT2D eigenvalue weighted by atomic mass is 16.5. The molecule has 1 saturated heterocycles. The van der Waals surface area contributed by atoms with Gasteiger partial charge in [0.15, 0.2) is 0 Å². The smallest absolute Gasteiger partial charge is 0.119 e. The van der Waals surface area contributed by atoms with E-state index in [-0.39, 0.29) is 0 Å². The molecule has 0 radical (unpaired) electrons. The predicted octanol–water partition coefficient (Wildman–Crippen LogP) is 4.53. The van der Waals surface area contributed by atoms with E-state index >= 15 is 0 Å². The van der Waals surface area contributed by atoms with Gasteiger partial charge in [-0.05, 0) is 36.2 Å². The second-order valence-corrected chi connectivity index (χ2v) is 7.35. The van der Waals surface area contributed by atoms with Gasteiger partial charge in [0.05, 0.1) is 23.9 Å². The number of rotatable bonds is 3. The summed E-state index contributed by atoms with van der Waals surface area (Å²) < 4.78 is 5.73. The molecule has 1 atom stereocenters. The number of ether oxygens (including phenoxy) is 1. The maximum Gasteiger partial charge on any atom is 0.119 e. The highest BCUT2D eigenvalue weighted by Crippen LogP contribution is 2.33. The third-order valence-corrected chi connectivity index (χ3v) is 5.35. The Morgan fingerprint density at radius 1 is 1.12 bits per heavy atom. The maximum atomic E-state index is 5.73. The highest BCUT2D eigenvalue weighted by Gasteiger charge is 2.28. The number of H-pyrrole nitrogens is 2. The number of hydrogen-bond donors (Lipinski definition) is 2. The van der Waals surface area contributed by atoms with Crippen LogP contribution in [0, 0.1) is 5.92 Å². The minimum Gasteiger partial charge on any atom is -0.359 e. The van der Waals surface area contributed by atoms with Crippen molar-refractivity contribution in [2.24, 2.45) is 5.92 Å². The molecule has 4 aromatic rings. The van der Waals surface area contributed by atoms with E-state index in [1.54, 1.807) is 0 Å². The normalized spacial score (nSPS) is 17.8. The average Bonchev–Trinajstić information content (AvgIpc) is 3.37. The molecule has 5 nitrogen and oxygen atoms in total. The van der Waals surface area contributed by atoms with E-state index in [2.05, 4.69) is 76.4 Å². The maximum absolute atomic E-state index is 5.73. The molecule has 1 aliphatic heterocycles. The first kappa shape index (κ1) is 15.5. The molecule has 5 rings (SSSR count). The molecule has 0 saturated carbocycles. The Bertz CT molecular complexity index is 1040. The van der Waals surface area contributed by atoms with E-state index < -0.39 is 0 Å². The van der Waals surface area contributed by atoms with Crippen molar-refractivity contribution in [3.05, 3.63) is 48.5 Å². The van der Waals surface area contributed by atoms with Crippen molar-refractivity contribution in [3.8, 4) is 11.4 Å². The Morgan fingerprint density at radius 2 is 2.00 bits per heavy atom. The van der Waals surface area contributed by atoms with E-state index in [4.69, 9.17) is 4.74 Å². The molecule has 2 N–H and O–H groups in total. The second kappa shape index (κ2) is 5.88. The minimum atomic E-state index is 0.413. The van der Waals surface area contributed by atoms with Crippen LogP contribution in [0.1, 0.15) is 13.8 Å². The van der Waals surface area contributed by atoms with Crippen LogP contribution in [0.15, 0.2) is 48.5 Å². The number of nitrogens with one attached hydrogen (secondary N) is 2. The summed E-state index contributed by atoms with van der Waals surface area (Å²) in [5.74, 6) is 0.547. The van der Waals surface area contributed by atoms with Gasteiger partial charge >= 0.3 is 0 Å². The Hall–Kier alpha value is -2.79. The monoisotopic (exact) mass is 346 g/mol. The van der Waals surface area contributed by atoms with Crippen LogP contribution in [0.5, 0.6) is 0 Å². The first-order chi connectivity index (χ1) is 12.7. The van der Waals surface area contributed by atoms with Gasteiger partial charge in [0, 0.05) is 22.0 Å². The van der Waals surface area contributed by atoms with Crippen molar-refractivity contribution in [1.82, 2.24) is 15.2 Å². The molecule has 0 aliphatic carbocycles. The molecule has 2 aromatic heterocycles. The Morgan fingerprint density at radius 3 is 2.85 bits per heavy atom. The van der Waals surface area contributed by atoms with Crippen molar-refractivity contribution >= 4 is 27.5 Å². The fourth-order valence-electron chi connectivity index (χ4n) is 3.86. The van der Waals surface area contributed by atoms with Crippen molar-refractivity contribution in [2.45, 2.75) is 19.9 Å². The van der Waals surface area contributed by atoms with E-state index in [1.165, 1.54) is 11.1 Å². The van der Waals surface area contributed by atoms with Gasteiger partial charge in [-0.15, -0.1) is 0 Å². The van der Waals surface area contributed by atoms with E-state index in [0.29, 0.717) is 18.7 Å². The van der Waals surface area contributed by atoms with E-state index in [9.17, 15) is 0 Å². The molecule has 0 unspecified atom stereocenters. The molecule has 3 heterocycles. The molecule has 0 bridgehead atoms. The lowest BCUT2D eigenvalue weighted by Gasteiger charge is -2.27. The van der Waals surface area contributed by atoms with Crippen LogP contribution in [0.4, 0.5) is 5.69 Å². The van der Waals surface area contributed by atoms with Gasteiger partial charge in [0.1, 0.15) is 12.4 Å². The third-order valence-electron chi connectivity index (χ3n) is 5.35. The molecule has 1 aliphatic rings. The fraction of sp³-hybridized carbons (Fsp3) is 0.286. The summed E-state index contributed by atoms with van der Waals surface area (Å²) >= 11 is 0. The number of anilines is 1. The van der Waals surface area contributed by atoms with Crippen LogP contribution in [-0.2, 0) is 4.74 Å². The molecule has 2 aromatic carbocycles. The third kappa shape index (κ3) is 2.39. The minimum absolute atomic E-state index is 0.413. The molecule has 26 heavy (non-hydrogen) atoms. The van der Waals surface area contributed by atoms with E-state index in [0.717, 1.165) is 34.4 Å². The number of aromatic amines is 2. The summed E-state index contributed by atoms with van der Waals surface area (Å²) in [5.41, 5.74) is 5.35. The van der Waals surface area contributed by atoms with Crippen LogP contribution in [0.2, 0.25) is 0 Å². The lowest BCUT2D eigenvalue weighted by molar-refractivity contribution is 0.188. The van der Waals surface area contributed by atoms with Crippen molar-refractivity contribution in [2.75, 3.05) is 18.2 Å². The van der Waals surface area contributed by atoms with E-state index in [1.807, 2.05) is 6.07 Å². The van der Waals surface area contributed by atoms with Crippen LogP contribution >= 0.6 is 0 Å². The summed E-state index contributed by atoms with van der Waals surface area (Å²) in [6, 6.07) is 17.4. The second-order valence-electron chi connectivity index (χ2n) is 7.35. The highest BCUT2D eigenvalue weighted by molar-refractivity contribution is 5.97. The van der Waals surface area contributed by atoms with Crippen molar-refractivity contribution < 1.29 is 4.74 Å². The van der Waals surface area contributed by atoms with Crippen LogP contribution in [0.3, 0.4) is 0 Å². The Balaban J connectivity index is 1.61. The van der Waals surface area contributed by atoms with Crippen molar-refractivity contribution in [1.29, 1.82) is 0 Å². The lowest BCUT2D eigenvalue weighted by atomic mass is 10.0. The first-order valence-corrected chi connectivity index (χ1v) is 9.11. The summed E-state index contributed by atoms with van der Waals surface area (Å²) in [7, 11) is 0. The molecule has 132 valence electrons. The molecular formula is C21H22N4O. The van der Waals surface area contributed by atoms with Gasteiger partial charge in [0.25, 0.3) is 0 Å².